The highest BCUT2D eigenvalue weighted by Crippen LogP contribution is 2.35. The molecule has 2 aliphatic rings. The summed E-state index contributed by atoms with van der Waals surface area (Å²) in [5, 5.41) is 19.5. The van der Waals surface area contributed by atoms with Crippen molar-refractivity contribution < 1.29 is 18.1 Å². The van der Waals surface area contributed by atoms with E-state index in [1.54, 1.807) is 0 Å². The number of aromatic nitrogens is 3. The first-order valence-electron chi connectivity index (χ1n) is 9.16. The zero-order valence-corrected chi connectivity index (χ0v) is 16.3. The van der Waals surface area contributed by atoms with Gasteiger partial charge in [0, 0.05) is 38.0 Å². The number of benzene rings is 1. The van der Waals surface area contributed by atoms with E-state index >= 15 is 0 Å². The molecule has 1 aromatic carbocycles. The van der Waals surface area contributed by atoms with E-state index in [0.717, 1.165) is 37.1 Å². The molecule has 1 aromatic heterocycles. The normalized spacial score (nSPS) is 18.2. The van der Waals surface area contributed by atoms with E-state index in [2.05, 4.69) is 14.8 Å². The Morgan fingerprint density at radius 3 is 2.64 bits per heavy atom. The van der Waals surface area contributed by atoms with Gasteiger partial charge in [-0.15, -0.1) is 10.2 Å². The van der Waals surface area contributed by atoms with Gasteiger partial charge < -0.3 is 9.30 Å². The quantitative estimate of drug-likeness (QED) is 0.546. The summed E-state index contributed by atoms with van der Waals surface area (Å²) in [6.07, 6.45) is 3.34. The van der Waals surface area contributed by atoms with Crippen LogP contribution in [0.2, 0.25) is 0 Å². The fraction of sp³-hybridized carbons (Fsp3) is 0.529. The smallest absolute Gasteiger partial charge is 0.273 e. The van der Waals surface area contributed by atoms with Crippen LogP contribution in [0.25, 0.3) is 0 Å². The van der Waals surface area contributed by atoms with Crippen LogP contribution in [-0.4, -0.2) is 52.6 Å². The molecule has 10 nitrogen and oxygen atoms in total. The summed E-state index contributed by atoms with van der Waals surface area (Å²) in [5.41, 5.74) is -0.213. The molecule has 0 spiro atoms. The summed E-state index contributed by atoms with van der Waals surface area (Å²) in [4.78, 5) is 10.3. The monoisotopic (exact) mass is 407 g/mol. The number of nitro benzene ring substituents is 1. The van der Waals surface area contributed by atoms with E-state index in [0.29, 0.717) is 25.9 Å². The van der Waals surface area contributed by atoms with E-state index in [1.165, 1.54) is 23.5 Å². The van der Waals surface area contributed by atoms with Crippen LogP contribution in [0.1, 0.15) is 36.8 Å². The molecule has 150 valence electrons. The number of fused-ring (bicyclic) bond motifs is 1. The summed E-state index contributed by atoms with van der Waals surface area (Å²) >= 11 is 0. The van der Waals surface area contributed by atoms with Crippen molar-refractivity contribution in [3.8, 4) is 5.75 Å². The fourth-order valence-electron chi connectivity index (χ4n) is 3.95. The van der Waals surface area contributed by atoms with E-state index in [4.69, 9.17) is 4.74 Å². The van der Waals surface area contributed by atoms with Gasteiger partial charge in [0.05, 0.1) is 18.1 Å². The lowest BCUT2D eigenvalue weighted by Gasteiger charge is -2.31. The Kier molecular flexibility index (Phi) is 4.79. The molecular weight excluding hydrogens is 386 g/mol. The first kappa shape index (κ1) is 18.8. The average Bonchev–Trinajstić information content (AvgIpc) is 3.31. The molecule has 2 aliphatic heterocycles. The molecule has 0 amide bonds. The van der Waals surface area contributed by atoms with Crippen LogP contribution < -0.4 is 4.74 Å². The maximum absolute atomic E-state index is 13.1. The third-order valence-corrected chi connectivity index (χ3v) is 7.37. The van der Waals surface area contributed by atoms with Gasteiger partial charge in [0.1, 0.15) is 22.3 Å². The number of hydrogen-bond acceptors (Lipinski definition) is 7. The van der Waals surface area contributed by atoms with Crippen LogP contribution in [-0.2, 0) is 23.0 Å². The molecule has 1 saturated heterocycles. The Morgan fingerprint density at radius 2 is 1.96 bits per heavy atom. The first-order valence-corrected chi connectivity index (χ1v) is 10.6. The number of rotatable bonds is 5. The molecule has 0 saturated carbocycles. The number of methoxy groups -OCH3 is 1. The fourth-order valence-corrected chi connectivity index (χ4v) is 5.56. The van der Waals surface area contributed by atoms with Crippen LogP contribution >= 0.6 is 0 Å². The Bertz CT molecular complexity index is 1010. The number of aryl methyl sites for hydroxylation is 1. The minimum Gasteiger partial charge on any atom is -0.495 e. The maximum atomic E-state index is 13.1. The van der Waals surface area contributed by atoms with Gasteiger partial charge in [-0.1, -0.05) is 0 Å². The Balaban J connectivity index is 1.53. The number of ether oxygens (including phenoxy) is 1. The number of piperidine rings is 1. The second kappa shape index (κ2) is 7.13. The van der Waals surface area contributed by atoms with E-state index < -0.39 is 14.9 Å². The van der Waals surface area contributed by atoms with Gasteiger partial charge in [0.15, 0.2) is 0 Å². The number of nitro groups is 1. The van der Waals surface area contributed by atoms with Crippen molar-refractivity contribution in [3.05, 3.63) is 40.0 Å². The number of non-ortho nitro benzene ring substituents is 1. The Hall–Kier alpha value is -2.53. The molecule has 3 heterocycles. The van der Waals surface area contributed by atoms with Gasteiger partial charge in [-0.3, -0.25) is 10.1 Å². The molecule has 4 rings (SSSR count). The number of hydrogen-bond donors (Lipinski definition) is 0. The molecular formula is C17H21N5O5S. The molecule has 2 aromatic rings. The lowest BCUT2D eigenvalue weighted by Crippen LogP contribution is -2.38. The second-order valence-electron chi connectivity index (χ2n) is 7.00. The predicted octanol–water partition coefficient (Wildman–Crippen LogP) is 1.71. The molecule has 0 bridgehead atoms. The molecule has 0 atom stereocenters. The number of nitrogens with zero attached hydrogens (tertiary/aromatic N) is 5. The highest BCUT2D eigenvalue weighted by molar-refractivity contribution is 7.89. The third kappa shape index (κ3) is 3.14. The second-order valence-corrected chi connectivity index (χ2v) is 8.91. The van der Waals surface area contributed by atoms with Gasteiger partial charge in [0.25, 0.3) is 5.69 Å². The van der Waals surface area contributed by atoms with Crippen molar-refractivity contribution in [2.75, 3.05) is 20.2 Å². The minimum absolute atomic E-state index is 0.0217. The molecule has 28 heavy (non-hydrogen) atoms. The highest BCUT2D eigenvalue weighted by Gasteiger charge is 2.34. The van der Waals surface area contributed by atoms with E-state index in [9.17, 15) is 18.5 Å². The lowest BCUT2D eigenvalue weighted by molar-refractivity contribution is -0.385. The Morgan fingerprint density at radius 1 is 1.21 bits per heavy atom. The largest absolute Gasteiger partial charge is 0.495 e. The maximum Gasteiger partial charge on any atom is 0.273 e. The first-order chi connectivity index (χ1) is 13.4. The van der Waals surface area contributed by atoms with Gasteiger partial charge in [-0.05, 0) is 25.3 Å². The number of sulfonamides is 1. The summed E-state index contributed by atoms with van der Waals surface area (Å²) in [6.45, 7) is 1.64. The van der Waals surface area contributed by atoms with Gasteiger partial charge in [-0.25, -0.2) is 8.42 Å². The van der Waals surface area contributed by atoms with Crippen LogP contribution in [0.4, 0.5) is 5.69 Å². The zero-order valence-electron chi connectivity index (χ0n) is 15.4. The zero-order chi connectivity index (χ0) is 19.9. The summed E-state index contributed by atoms with van der Waals surface area (Å²) in [6, 6.07) is 3.56. The van der Waals surface area contributed by atoms with Gasteiger partial charge in [-0.2, -0.15) is 4.31 Å². The summed E-state index contributed by atoms with van der Waals surface area (Å²) < 4.78 is 34.8. The van der Waals surface area contributed by atoms with Crippen molar-refractivity contribution in [3.63, 3.8) is 0 Å². The molecule has 0 radical (unpaired) electrons. The predicted molar refractivity (Wildman–Crippen MR) is 98.7 cm³/mol. The molecule has 0 aliphatic carbocycles. The van der Waals surface area contributed by atoms with Gasteiger partial charge >= 0.3 is 0 Å². The Labute approximate surface area is 162 Å². The highest BCUT2D eigenvalue weighted by atomic mass is 32.2. The van der Waals surface area contributed by atoms with E-state index in [-0.39, 0.29) is 22.3 Å². The molecule has 1 fully saturated rings. The van der Waals surface area contributed by atoms with E-state index in [1.807, 2.05) is 0 Å². The van der Waals surface area contributed by atoms with Crippen LogP contribution in [0.15, 0.2) is 23.1 Å². The van der Waals surface area contributed by atoms with Crippen molar-refractivity contribution in [2.24, 2.45) is 0 Å². The van der Waals surface area contributed by atoms with Crippen LogP contribution in [0, 0.1) is 10.1 Å². The SMILES string of the molecule is COc1cc([N+](=O)[O-])ccc1S(=O)(=O)N1CCC(c2nnc3n2CCC3)CC1. The lowest BCUT2D eigenvalue weighted by atomic mass is 9.97. The van der Waals surface area contributed by atoms with Crippen LogP contribution in [0.3, 0.4) is 0 Å². The van der Waals surface area contributed by atoms with Crippen molar-refractivity contribution in [2.45, 2.75) is 43.0 Å². The third-order valence-electron chi connectivity index (χ3n) is 5.43. The molecule has 11 heteroatoms. The standard InChI is InChI=1S/C17H21N5O5S/c1-27-14-11-13(22(23)24)4-5-15(14)28(25,26)20-9-6-12(7-10-20)17-19-18-16-3-2-8-21(16)17/h4-5,11-12H,2-3,6-10H2,1H3. The van der Waals surface area contributed by atoms with Gasteiger partial charge in [0.2, 0.25) is 10.0 Å². The minimum atomic E-state index is -3.81. The average molecular weight is 407 g/mol. The molecule has 0 unspecified atom stereocenters. The van der Waals surface area contributed by atoms with Crippen molar-refractivity contribution in [1.82, 2.24) is 19.1 Å². The van der Waals surface area contributed by atoms with Crippen molar-refractivity contribution >= 4 is 15.7 Å². The summed E-state index contributed by atoms with van der Waals surface area (Å²) in [7, 11) is -2.51. The molecule has 0 N–H and O–H groups in total. The van der Waals surface area contributed by atoms with Crippen LogP contribution in [0.5, 0.6) is 5.75 Å². The topological polar surface area (TPSA) is 120 Å². The van der Waals surface area contributed by atoms with Crippen molar-refractivity contribution in [1.29, 1.82) is 0 Å². The summed E-state index contributed by atoms with van der Waals surface area (Å²) in [5.74, 6) is 2.13.